The lowest BCUT2D eigenvalue weighted by atomic mass is 9.60. The van der Waals surface area contributed by atoms with Crippen LogP contribution in [0.2, 0.25) is 0 Å². The molecule has 2 saturated carbocycles. The number of amides is 1. The van der Waals surface area contributed by atoms with Crippen LogP contribution in [0.1, 0.15) is 49.4 Å². The number of hydrogen-bond donors (Lipinski definition) is 1. The van der Waals surface area contributed by atoms with Crippen LogP contribution in [0.25, 0.3) is 10.9 Å². The van der Waals surface area contributed by atoms with E-state index in [0.717, 1.165) is 24.8 Å². The number of fused-ring (bicyclic) bond motifs is 1. The van der Waals surface area contributed by atoms with E-state index < -0.39 is 4.92 Å². The standard InChI is InChI=1S/C20H25N3O4/c1-3-27-18-11-17(20(18)8-4-5-9-20)22(2)19(24)15-12-21-16-7-6-13(23(25)26)10-14(15)16/h6-7,10,12,17-18,21H,3-5,8-9,11H2,1-2H3. The van der Waals surface area contributed by atoms with Gasteiger partial charge in [0.05, 0.1) is 16.6 Å². The number of carbonyl (C=O) groups is 1. The summed E-state index contributed by atoms with van der Waals surface area (Å²) in [6.07, 6.45) is 7.31. The summed E-state index contributed by atoms with van der Waals surface area (Å²) in [6.45, 7) is 2.71. The van der Waals surface area contributed by atoms with Crippen LogP contribution in [0.3, 0.4) is 0 Å². The molecule has 0 aliphatic heterocycles. The maximum atomic E-state index is 13.2. The van der Waals surface area contributed by atoms with Gasteiger partial charge in [-0.3, -0.25) is 14.9 Å². The van der Waals surface area contributed by atoms with E-state index in [2.05, 4.69) is 4.98 Å². The number of nitrogens with one attached hydrogen (secondary N) is 1. The molecule has 144 valence electrons. The SMILES string of the molecule is CCOC1CC(N(C)C(=O)c2c[nH]c3ccc([N+](=O)[O-])cc23)C12CCCC2. The van der Waals surface area contributed by atoms with Crippen LogP contribution in [0.5, 0.6) is 0 Å². The third-order valence-corrected chi connectivity index (χ3v) is 6.54. The quantitative estimate of drug-likeness (QED) is 0.638. The maximum absolute atomic E-state index is 13.2. The van der Waals surface area contributed by atoms with Crippen LogP contribution in [-0.2, 0) is 4.74 Å². The van der Waals surface area contributed by atoms with Gasteiger partial charge in [-0.05, 0) is 32.3 Å². The summed E-state index contributed by atoms with van der Waals surface area (Å²) in [4.78, 5) is 28.8. The van der Waals surface area contributed by atoms with Gasteiger partial charge in [0.25, 0.3) is 11.6 Å². The van der Waals surface area contributed by atoms with E-state index >= 15 is 0 Å². The Morgan fingerprint density at radius 3 is 2.81 bits per heavy atom. The average molecular weight is 371 g/mol. The predicted octanol–water partition coefficient (Wildman–Crippen LogP) is 3.89. The number of nitro benzene ring substituents is 1. The van der Waals surface area contributed by atoms with Gasteiger partial charge in [-0.25, -0.2) is 0 Å². The second kappa shape index (κ2) is 6.64. The van der Waals surface area contributed by atoms with Crippen LogP contribution >= 0.6 is 0 Å². The van der Waals surface area contributed by atoms with Crippen molar-refractivity contribution in [2.45, 2.75) is 51.2 Å². The highest BCUT2D eigenvalue weighted by Gasteiger charge is 2.58. The van der Waals surface area contributed by atoms with Crippen LogP contribution in [0.15, 0.2) is 24.4 Å². The van der Waals surface area contributed by atoms with E-state index in [1.807, 2.05) is 18.9 Å². The summed E-state index contributed by atoms with van der Waals surface area (Å²) in [5.74, 6) is -0.0898. The third-order valence-electron chi connectivity index (χ3n) is 6.54. The first-order valence-electron chi connectivity index (χ1n) is 9.62. The monoisotopic (exact) mass is 371 g/mol. The predicted molar refractivity (Wildman–Crippen MR) is 102 cm³/mol. The Morgan fingerprint density at radius 2 is 2.15 bits per heavy atom. The van der Waals surface area contributed by atoms with E-state index in [0.29, 0.717) is 17.6 Å². The molecule has 2 atom stereocenters. The van der Waals surface area contributed by atoms with Crippen molar-refractivity contribution in [1.29, 1.82) is 0 Å². The molecule has 0 radical (unpaired) electrons. The highest BCUT2D eigenvalue weighted by Crippen LogP contribution is 2.56. The Hall–Kier alpha value is -2.41. The van der Waals surface area contributed by atoms with Crippen molar-refractivity contribution in [1.82, 2.24) is 9.88 Å². The number of H-pyrrole nitrogens is 1. The molecule has 2 aliphatic rings. The molecule has 1 spiro atoms. The van der Waals surface area contributed by atoms with E-state index in [9.17, 15) is 14.9 Å². The van der Waals surface area contributed by atoms with E-state index in [4.69, 9.17) is 4.74 Å². The van der Waals surface area contributed by atoms with Crippen molar-refractivity contribution in [3.8, 4) is 0 Å². The number of non-ortho nitro benzene ring substituents is 1. The highest BCUT2D eigenvalue weighted by molar-refractivity contribution is 6.07. The van der Waals surface area contributed by atoms with Crippen LogP contribution in [0, 0.1) is 15.5 Å². The Morgan fingerprint density at radius 1 is 1.41 bits per heavy atom. The number of ether oxygens (including phenoxy) is 1. The van der Waals surface area contributed by atoms with Gasteiger partial charge < -0.3 is 14.6 Å². The average Bonchev–Trinajstić information content (AvgIpc) is 3.31. The fourth-order valence-corrected chi connectivity index (χ4v) is 5.12. The van der Waals surface area contributed by atoms with Gasteiger partial charge in [0, 0.05) is 54.3 Å². The Kier molecular flexibility index (Phi) is 4.42. The van der Waals surface area contributed by atoms with Crippen molar-refractivity contribution in [3.05, 3.63) is 40.1 Å². The summed E-state index contributed by atoms with van der Waals surface area (Å²) in [7, 11) is 1.85. The lowest BCUT2D eigenvalue weighted by Crippen LogP contribution is -2.63. The molecule has 1 N–H and O–H groups in total. The summed E-state index contributed by atoms with van der Waals surface area (Å²) in [5.41, 5.74) is 1.28. The fraction of sp³-hybridized carbons (Fsp3) is 0.550. The number of nitrogens with zero attached hydrogens (tertiary/aromatic N) is 2. The van der Waals surface area contributed by atoms with Gasteiger partial charge in [-0.15, -0.1) is 0 Å². The van der Waals surface area contributed by atoms with E-state index in [-0.39, 0.29) is 29.2 Å². The number of benzene rings is 1. The summed E-state index contributed by atoms with van der Waals surface area (Å²) < 4.78 is 5.96. The number of carbonyl (C=O) groups excluding carboxylic acids is 1. The number of nitro groups is 1. The first kappa shape index (κ1) is 18.0. The molecule has 2 aromatic rings. The highest BCUT2D eigenvalue weighted by atomic mass is 16.6. The molecule has 0 saturated heterocycles. The maximum Gasteiger partial charge on any atom is 0.270 e. The molecule has 1 heterocycles. The molecule has 7 nitrogen and oxygen atoms in total. The Bertz CT molecular complexity index is 884. The second-order valence-corrected chi connectivity index (χ2v) is 7.74. The van der Waals surface area contributed by atoms with Gasteiger partial charge in [-0.2, -0.15) is 0 Å². The van der Waals surface area contributed by atoms with Crippen molar-refractivity contribution >= 4 is 22.5 Å². The molecule has 1 aromatic heterocycles. The molecule has 1 aromatic carbocycles. The first-order chi connectivity index (χ1) is 13.0. The normalized spacial score (nSPS) is 23.5. The topological polar surface area (TPSA) is 88.5 Å². The molecular formula is C20H25N3O4. The van der Waals surface area contributed by atoms with Crippen LogP contribution in [0.4, 0.5) is 5.69 Å². The molecule has 2 fully saturated rings. The third kappa shape index (κ3) is 2.72. The molecule has 4 rings (SSSR count). The van der Waals surface area contributed by atoms with Gasteiger partial charge in [-0.1, -0.05) is 12.8 Å². The van der Waals surface area contributed by atoms with Gasteiger partial charge in [0.2, 0.25) is 0 Å². The molecular weight excluding hydrogens is 346 g/mol. The minimum absolute atomic E-state index is 0.00822. The van der Waals surface area contributed by atoms with Gasteiger partial charge in [0.1, 0.15) is 0 Å². The minimum atomic E-state index is -0.434. The fourth-order valence-electron chi connectivity index (χ4n) is 5.12. The number of hydrogen-bond acceptors (Lipinski definition) is 4. The molecule has 2 aliphatic carbocycles. The summed E-state index contributed by atoms with van der Waals surface area (Å²) >= 11 is 0. The van der Waals surface area contributed by atoms with Gasteiger partial charge in [0.15, 0.2) is 0 Å². The summed E-state index contributed by atoms with van der Waals surface area (Å²) in [5, 5.41) is 11.7. The molecule has 27 heavy (non-hydrogen) atoms. The van der Waals surface area contributed by atoms with Crippen molar-refractivity contribution < 1.29 is 14.5 Å². The van der Waals surface area contributed by atoms with Crippen molar-refractivity contribution in [2.75, 3.05) is 13.7 Å². The zero-order valence-corrected chi connectivity index (χ0v) is 15.7. The Labute approximate surface area is 157 Å². The number of rotatable bonds is 5. The lowest BCUT2D eigenvalue weighted by Gasteiger charge is -2.57. The van der Waals surface area contributed by atoms with Crippen molar-refractivity contribution in [3.63, 3.8) is 0 Å². The summed E-state index contributed by atoms with van der Waals surface area (Å²) in [6, 6.07) is 4.73. The zero-order chi connectivity index (χ0) is 19.2. The minimum Gasteiger partial charge on any atom is -0.378 e. The van der Waals surface area contributed by atoms with Gasteiger partial charge >= 0.3 is 0 Å². The largest absolute Gasteiger partial charge is 0.378 e. The second-order valence-electron chi connectivity index (χ2n) is 7.74. The molecule has 1 amide bonds. The zero-order valence-electron chi connectivity index (χ0n) is 15.7. The van der Waals surface area contributed by atoms with E-state index in [1.54, 1.807) is 12.3 Å². The molecule has 7 heteroatoms. The van der Waals surface area contributed by atoms with Crippen LogP contribution < -0.4 is 0 Å². The molecule has 0 bridgehead atoms. The smallest absolute Gasteiger partial charge is 0.270 e. The number of aromatic amines is 1. The van der Waals surface area contributed by atoms with Crippen molar-refractivity contribution in [2.24, 2.45) is 5.41 Å². The Balaban J connectivity index is 1.62. The van der Waals surface area contributed by atoms with Crippen LogP contribution in [-0.4, -0.2) is 46.5 Å². The van der Waals surface area contributed by atoms with E-state index in [1.165, 1.54) is 25.0 Å². The lowest BCUT2D eigenvalue weighted by molar-refractivity contribution is -0.384. The number of aromatic nitrogens is 1. The molecule has 2 unspecified atom stereocenters. The first-order valence-corrected chi connectivity index (χ1v) is 9.62.